The first-order chi connectivity index (χ1) is 63.2. The van der Waals surface area contributed by atoms with Gasteiger partial charge in [0, 0.05) is 144 Å². The van der Waals surface area contributed by atoms with Crippen LogP contribution in [-0.2, 0) is 36.0 Å². The fourth-order valence-electron chi connectivity index (χ4n) is 16.8. The summed E-state index contributed by atoms with van der Waals surface area (Å²) in [4.78, 5) is 0.291. The molecule has 0 aliphatic rings. The number of hydrogen-bond acceptors (Lipinski definition) is 13. The van der Waals surface area contributed by atoms with Gasteiger partial charge in [-0.3, -0.25) is 15.6 Å². The molecule has 0 fully saturated rings. The molecule has 0 saturated carbocycles. The summed E-state index contributed by atoms with van der Waals surface area (Å²) in [5, 5.41) is 53.9. The van der Waals surface area contributed by atoms with Gasteiger partial charge in [-0.2, -0.15) is 30.6 Å². The number of rotatable bonds is 26. The molecule has 0 saturated heterocycles. The molecule has 0 unspecified atom stereocenters. The summed E-state index contributed by atoms with van der Waals surface area (Å²) >= 11 is 0. The van der Waals surface area contributed by atoms with E-state index in [4.69, 9.17) is 20.4 Å². The van der Waals surface area contributed by atoms with E-state index >= 15 is 0 Å². The van der Waals surface area contributed by atoms with Gasteiger partial charge in [-0.15, -0.1) is 5.10 Å². The predicted octanol–water partition coefficient (Wildman–Crippen LogP) is 26.2. The Morgan fingerprint density at radius 2 is 0.829 bits per heavy atom. The Morgan fingerprint density at radius 1 is 0.426 bits per heavy atom. The van der Waals surface area contributed by atoms with Gasteiger partial charge >= 0.3 is 0 Å². The number of nitrogens with zero attached hydrogens (tertiary/aromatic N) is 15. The van der Waals surface area contributed by atoms with E-state index in [9.17, 15) is 8.42 Å². The summed E-state index contributed by atoms with van der Waals surface area (Å²) in [5.41, 5.74) is 23.9. The summed E-state index contributed by atoms with van der Waals surface area (Å²) in [7, 11) is -3.19. The molecule has 0 atom stereocenters. The van der Waals surface area contributed by atoms with Gasteiger partial charge in [0.1, 0.15) is 11.6 Å². The van der Waals surface area contributed by atoms with Gasteiger partial charge in [-0.25, -0.2) is 28.1 Å². The number of sulfone groups is 1. The largest absolute Gasteiger partial charge is 0.341 e. The second-order valence-corrected chi connectivity index (χ2v) is 34.4. The maximum absolute atomic E-state index is 11.5. The summed E-state index contributed by atoms with van der Waals surface area (Å²) in [6.07, 6.45) is 15.1. The van der Waals surface area contributed by atoms with Crippen molar-refractivity contribution in [2.24, 2.45) is 26.3 Å². The van der Waals surface area contributed by atoms with Crippen molar-refractivity contribution >= 4 is 162 Å². The van der Waals surface area contributed by atoms with Gasteiger partial charge in [-0.1, -0.05) is 203 Å². The molecule has 0 amide bonds. The van der Waals surface area contributed by atoms with Crippen LogP contribution in [0.25, 0.3) is 92.9 Å². The Bertz CT molecular complexity index is 7480. The molecule has 0 aliphatic heterocycles. The monoisotopic (exact) mass is 1720 g/mol. The van der Waals surface area contributed by atoms with Crippen molar-refractivity contribution in [3.8, 4) is 5.69 Å². The molecule has 13 aromatic carbocycles. The lowest BCUT2D eigenvalue weighted by Crippen LogP contribution is -2.13. The number of anilines is 7. The Balaban J connectivity index is 0.000000122. The molecule has 3 N–H and O–H groups in total. The maximum atomic E-state index is 11.5. The molecule has 0 radical (unpaired) electrons. The van der Waals surface area contributed by atoms with Crippen LogP contribution >= 0.6 is 0 Å². The van der Waals surface area contributed by atoms with Crippen LogP contribution in [-0.4, -0.2) is 87.5 Å². The number of aromatic nitrogens is 10. The third-order valence-electron chi connectivity index (χ3n) is 23.2. The highest BCUT2D eigenvalue weighted by Crippen LogP contribution is 2.37. The van der Waals surface area contributed by atoms with Crippen LogP contribution in [0.4, 0.5) is 40.2 Å². The molecule has 129 heavy (non-hydrogen) atoms. The van der Waals surface area contributed by atoms with Crippen LogP contribution < -0.4 is 20.5 Å². The number of fused-ring (bicyclic) bond motifs is 12. The first kappa shape index (κ1) is 85.7. The van der Waals surface area contributed by atoms with Crippen LogP contribution in [0.5, 0.6) is 0 Å². The molecule has 7 heterocycles. The normalized spacial score (nSPS) is 11.9. The summed E-state index contributed by atoms with van der Waals surface area (Å²) in [5.74, 6) is 3.07. The predicted molar refractivity (Wildman–Crippen MR) is 537 cm³/mol. The Kier molecular flexibility index (Phi) is 26.2. The first-order valence-electron chi connectivity index (χ1n) is 44.1. The minimum Gasteiger partial charge on any atom is -0.341 e. The number of benzene rings is 13. The molecule has 20 nitrogen and oxygen atoms in total. The number of hydrazone groups is 4. The quantitative estimate of drug-likeness (QED) is 0.0268. The second kappa shape index (κ2) is 39.4. The van der Waals surface area contributed by atoms with Crippen molar-refractivity contribution in [3.05, 3.63) is 374 Å². The lowest BCUT2D eigenvalue weighted by atomic mass is 10.1. The Labute approximate surface area is 751 Å². The molecule has 7 aromatic heterocycles. The lowest BCUT2D eigenvalue weighted by Gasteiger charge is -2.18. The van der Waals surface area contributed by atoms with Gasteiger partial charge in [0.25, 0.3) is 0 Å². The van der Waals surface area contributed by atoms with E-state index in [1.807, 2.05) is 147 Å². The van der Waals surface area contributed by atoms with Gasteiger partial charge in [0.15, 0.2) is 15.7 Å². The molecular weight excluding hydrogens is 1610 g/mol. The molecule has 20 aromatic rings. The first-order valence-corrected chi connectivity index (χ1v) is 46.0. The summed E-state index contributed by atoms with van der Waals surface area (Å²) in [6, 6.07) is 114. The number of unbranched alkanes of at least 4 members (excludes halogenated alkanes) is 2. The standard InChI is InChI=1S/C35H35N5.C27H27N5.C24H21N5.C22H21N3O2S/c1-25(2)21-22-38-33-18-12-11-17-31(33)32-24-28(19-20-34(32)38)27(4)36-40(30-15-9-6-10-16-30)35-23-26(3)39(37-35)29-13-7-5-8-14-29;1-2-3-9-18-31-25-13-8-7-12-23(25)24-19-21(14-15-26(24)31)20-29-32(27-16-17-28-30-27)22-10-5-4-6-11-22;1-2-28-22-11-7-6-10-20(22)21-16-18(12-13-23(21)28)17-26-29(24-14-15-25-27-24)19-8-4-3-5-9-19;1-3-25-21-7-5-4-6-19(21)20-14-16(8-13-22(20)25)15-23-24-17-9-11-18(12-10-17)28(2,26)27/h5-20,23-25H,21-22H2,1-4H3;4-8,10-17,19-20H,2-3,9,18H2,1H3,(H,28,30);3-17H,2H2,1H3,(H,25,27);4-15,24H,3H2,1-2H3/b36-27-;29-20-;26-17-;23-15+. The molecular formula is C108H104N18O2S. The highest BCUT2D eigenvalue weighted by molar-refractivity contribution is 7.90. The van der Waals surface area contributed by atoms with E-state index in [0.717, 1.165) is 112 Å². The smallest absolute Gasteiger partial charge is 0.176 e. The average molecular weight is 1720 g/mol. The van der Waals surface area contributed by atoms with Gasteiger partial charge in [0.2, 0.25) is 0 Å². The van der Waals surface area contributed by atoms with Crippen LogP contribution in [0.2, 0.25) is 0 Å². The van der Waals surface area contributed by atoms with Crippen LogP contribution in [0.3, 0.4) is 0 Å². The van der Waals surface area contributed by atoms with E-state index in [0.29, 0.717) is 10.8 Å². The summed E-state index contributed by atoms with van der Waals surface area (Å²) < 4.78 is 34.6. The number of H-pyrrole nitrogens is 2. The third-order valence-corrected chi connectivity index (χ3v) is 24.4. The van der Waals surface area contributed by atoms with E-state index in [-0.39, 0.29) is 0 Å². The molecule has 0 aliphatic carbocycles. The number of hydrogen-bond donors (Lipinski definition) is 3. The molecule has 0 spiro atoms. The third kappa shape index (κ3) is 19.1. The zero-order valence-electron chi connectivity index (χ0n) is 73.8. The van der Waals surface area contributed by atoms with Gasteiger partial charge < -0.3 is 18.3 Å². The SMILES string of the molecule is C/C(=N/N(c1ccccc1)c1cc(C)n(-c2ccccc2)n1)c1ccc2c(c1)c1ccccc1n2CCC(C)C.CCCCCn1c2ccccc2c2cc(/C=N\N(c3ccccc3)c3ccn[nH]3)ccc21.CCn1c2ccccc2c2cc(/C=N/Nc3ccc(S(C)(=O)=O)cc3)ccc21.CCn1c2ccccc2c2cc(/C=N\N(c3ccccc3)c3ccn[nH]3)ccc21. The number of nitrogens with one attached hydrogen (secondary N) is 3. The Morgan fingerprint density at radius 3 is 1.27 bits per heavy atom. The van der Waals surface area contributed by atoms with Gasteiger partial charge in [0.05, 0.1) is 70.1 Å². The lowest BCUT2D eigenvalue weighted by molar-refractivity contribution is 0.531. The van der Waals surface area contributed by atoms with E-state index in [2.05, 4.69) is 292 Å². The minimum absolute atomic E-state index is 0.291. The molecule has 0 bridgehead atoms. The van der Waals surface area contributed by atoms with Crippen molar-refractivity contribution in [2.75, 3.05) is 26.7 Å². The van der Waals surface area contributed by atoms with E-state index in [1.165, 1.54) is 113 Å². The van der Waals surface area contributed by atoms with Crippen molar-refractivity contribution in [2.45, 2.75) is 105 Å². The van der Waals surface area contributed by atoms with Crippen molar-refractivity contribution in [1.82, 2.24) is 48.4 Å². The van der Waals surface area contributed by atoms with Crippen molar-refractivity contribution in [1.29, 1.82) is 0 Å². The second-order valence-electron chi connectivity index (χ2n) is 32.4. The Hall–Kier alpha value is -15.5. The van der Waals surface area contributed by atoms with Crippen LogP contribution in [0.1, 0.15) is 95.2 Å². The zero-order chi connectivity index (χ0) is 88.7. The van der Waals surface area contributed by atoms with Crippen LogP contribution in [0.15, 0.2) is 371 Å². The van der Waals surface area contributed by atoms with Crippen LogP contribution in [0, 0.1) is 12.8 Å². The average Bonchev–Trinajstić information content (AvgIpc) is 1.62. The van der Waals surface area contributed by atoms with E-state index < -0.39 is 9.84 Å². The number of para-hydroxylation sites is 8. The number of aromatic amines is 2. The fourth-order valence-corrected chi connectivity index (χ4v) is 17.5. The van der Waals surface area contributed by atoms with Gasteiger partial charge in [-0.05, 0) is 214 Å². The molecule has 20 rings (SSSR count). The molecule has 644 valence electrons. The topological polar surface area (TPSA) is 200 Å². The molecule has 21 heteroatoms. The number of aryl methyl sites for hydroxylation is 5. The van der Waals surface area contributed by atoms with E-state index in [1.54, 1.807) is 42.9 Å². The zero-order valence-corrected chi connectivity index (χ0v) is 74.6. The van der Waals surface area contributed by atoms with Crippen molar-refractivity contribution < 1.29 is 8.42 Å². The summed E-state index contributed by atoms with van der Waals surface area (Å²) in [6.45, 7) is 19.2. The fraction of sp³-hybridized carbons (Fsp3) is 0.157. The van der Waals surface area contributed by atoms with Crippen molar-refractivity contribution in [3.63, 3.8) is 0 Å². The minimum atomic E-state index is -3.19. The highest BCUT2D eigenvalue weighted by atomic mass is 32.2. The highest BCUT2D eigenvalue weighted by Gasteiger charge is 2.21. The maximum Gasteiger partial charge on any atom is 0.176 e.